The minimum Gasteiger partial charge on any atom is -0.451 e. The minimum atomic E-state index is -0.979. The van der Waals surface area contributed by atoms with Gasteiger partial charge < -0.3 is 14.7 Å². The zero-order chi connectivity index (χ0) is 26.1. The van der Waals surface area contributed by atoms with E-state index in [2.05, 4.69) is 4.98 Å². The van der Waals surface area contributed by atoms with Gasteiger partial charge in [-0.2, -0.15) is 0 Å². The van der Waals surface area contributed by atoms with E-state index in [1.54, 1.807) is 18.5 Å². The first-order chi connectivity index (χ1) is 17.9. The van der Waals surface area contributed by atoms with Crippen LogP contribution in [0.25, 0.3) is 0 Å². The maximum atomic E-state index is 13.7. The highest BCUT2D eigenvalue weighted by Gasteiger charge is 2.56. The second-order valence-corrected chi connectivity index (χ2v) is 10.8. The number of amides is 2. The van der Waals surface area contributed by atoms with Gasteiger partial charge in [0, 0.05) is 24.7 Å². The van der Waals surface area contributed by atoms with Crippen molar-refractivity contribution in [2.75, 3.05) is 4.90 Å². The molecule has 2 amide bonds. The number of aromatic nitrogens is 1. The molecule has 1 N–H and O–H groups in total. The van der Waals surface area contributed by atoms with E-state index in [4.69, 9.17) is 4.74 Å². The van der Waals surface area contributed by atoms with Gasteiger partial charge >= 0.3 is 5.97 Å². The van der Waals surface area contributed by atoms with Gasteiger partial charge in [-0.05, 0) is 23.6 Å². The van der Waals surface area contributed by atoms with E-state index in [9.17, 15) is 19.5 Å². The SMILES string of the molecule is CC(=O)N(c1nccs1)C1C(=O)N2C=C(C(C)O)C(C(=O)OC(c3ccccc3)c3ccccc3)S[C@H]12. The van der Waals surface area contributed by atoms with E-state index < -0.39 is 34.8 Å². The predicted molar refractivity (Wildman–Crippen MR) is 142 cm³/mol. The molecule has 1 saturated heterocycles. The van der Waals surface area contributed by atoms with E-state index in [1.165, 1.54) is 46.0 Å². The largest absolute Gasteiger partial charge is 0.451 e. The van der Waals surface area contributed by atoms with E-state index in [0.717, 1.165) is 11.1 Å². The molecule has 1 aromatic heterocycles. The van der Waals surface area contributed by atoms with E-state index in [0.29, 0.717) is 10.7 Å². The zero-order valence-corrected chi connectivity index (χ0v) is 21.8. The fourth-order valence-corrected chi connectivity index (χ4v) is 6.76. The van der Waals surface area contributed by atoms with Crippen molar-refractivity contribution in [1.82, 2.24) is 9.88 Å². The van der Waals surface area contributed by atoms with Crippen LogP contribution in [-0.4, -0.2) is 55.5 Å². The topological polar surface area (TPSA) is 100 Å². The van der Waals surface area contributed by atoms with E-state index >= 15 is 0 Å². The number of nitrogens with zero attached hydrogens (tertiary/aromatic N) is 3. The number of thioether (sulfide) groups is 1. The van der Waals surface area contributed by atoms with Gasteiger partial charge in [-0.3, -0.25) is 19.3 Å². The van der Waals surface area contributed by atoms with Crippen molar-refractivity contribution in [2.24, 2.45) is 0 Å². The number of hydrogen-bond donors (Lipinski definition) is 1. The summed E-state index contributed by atoms with van der Waals surface area (Å²) >= 11 is 2.46. The van der Waals surface area contributed by atoms with Crippen molar-refractivity contribution in [3.05, 3.63) is 95.1 Å². The normalized spacial score (nSPS) is 21.5. The van der Waals surface area contributed by atoms with Crippen LogP contribution in [0.2, 0.25) is 0 Å². The number of thiazole rings is 1. The summed E-state index contributed by atoms with van der Waals surface area (Å²) in [6.07, 6.45) is 1.47. The maximum absolute atomic E-state index is 13.7. The van der Waals surface area contributed by atoms with Crippen LogP contribution in [0.15, 0.2) is 84.0 Å². The summed E-state index contributed by atoms with van der Waals surface area (Å²) < 4.78 is 6.09. The Hall–Kier alpha value is -3.47. The average molecular weight is 536 g/mol. The van der Waals surface area contributed by atoms with Gasteiger partial charge in [-0.25, -0.2) is 4.98 Å². The molecule has 0 aliphatic carbocycles. The number of fused-ring (bicyclic) bond motifs is 1. The molecule has 2 aliphatic heterocycles. The van der Waals surface area contributed by atoms with Crippen molar-refractivity contribution >= 4 is 46.0 Å². The molecule has 0 saturated carbocycles. The summed E-state index contributed by atoms with van der Waals surface area (Å²) in [6.45, 7) is 2.94. The molecule has 3 aromatic rings. The predicted octanol–water partition coefficient (Wildman–Crippen LogP) is 3.75. The fraction of sp³-hybridized carbons (Fsp3) is 0.259. The van der Waals surface area contributed by atoms with Crippen LogP contribution < -0.4 is 4.90 Å². The molecule has 2 aliphatic rings. The molecule has 2 aromatic carbocycles. The van der Waals surface area contributed by atoms with Gasteiger partial charge in [-0.15, -0.1) is 23.1 Å². The highest BCUT2D eigenvalue weighted by atomic mass is 32.2. The number of carbonyl (C=O) groups is 3. The molecule has 3 heterocycles. The van der Waals surface area contributed by atoms with Crippen LogP contribution in [0.1, 0.15) is 31.1 Å². The molecule has 8 nitrogen and oxygen atoms in total. The number of aliphatic hydroxyl groups excluding tert-OH is 1. The van der Waals surface area contributed by atoms with Crippen LogP contribution in [0, 0.1) is 0 Å². The smallest absolute Gasteiger partial charge is 0.324 e. The number of hydrogen-bond acceptors (Lipinski definition) is 8. The Morgan fingerprint density at radius 2 is 1.70 bits per heavy atom. The van der Waals surface area contributed by atoms with Crippen molar-refractivity contribution in [2.45, 2.75) is 42.7 Å². The molecule has 4 atom stereocenters. The molecule has 190 valence electrons. The number of esters is 1. The first-order valence-electron chi connectivity index (χ1n) is 11.7. The highest BCUT2D eigenvalue weighted by Crippen LogP contribution is 2.45. The summed E-state index contributed by atoms with van der Waals surface area (Å²) in [7, 11) is 0. The summed E-state index contributed by atoms with van der Waals surface area (Å²) in [5, 5.41) is 11.3. The van der Waals surface area contributed by atoms with Crippen molar-refractivity contribution in [1.29, 1.82) is 0 Å². The quantitative estimate of drug-likeness (QED) is 0.363. The Kier molecular flexibility index (Phi) is 7.14. The Balaban J connectivity index is 1.45. The van der Waals surface area contributed by atoms with Gasteiger partial charge in [0.25, 0.3) is 5.91 Å². The Bertz CT molecular complexity index is 1270. The van der Waals surface area contributed by atoms with Gasteiger partial charge in [0.15, 0.2) is 11.2 Å². The fourth-order valence-electron chi connectivity index (χ4n) is 4.50. The lowest BCUT2D eigenvalue weighted by Gasteiger charge is -2.51. The molecule has 1 fully saturated rings. The summed E-state index contributed by atoms with van der Waals surface area (Å²) in [6, 6.07) is 18.1. The van der Waals surface area contributed by atoms with Gasteiger partial charge in [0.2, 0.25) is 5.91 Å². The number of carbonyl (C=O) groups excluding carboxylic acids is 3. The maximum Gasteiger partial charge on any atom is 0.324 e. The van der Waals surface area contributed by atoms with Crippen LogP contribution in [0.3, 0.4) is 0 Å². The van der Waals surface area contributed by atoms with Crippen LogP contribution >= 0.6 is 23.1 Å². The molecule has 10 heteroatoms. The standard InChI is InChI=1S/C27H25N3O5S2/c1-16(31)20-15-29-24(33)21(30(17(2)32)27-28-13-14-36-27)25(29)37-23(20)26(34)35-22(18-9-5-3-6-10-18)19-11-7-4-8-12-19/h3-16,21-23,25,31H,1-2H3/t16?,21?,23?,25-/m1/s1. The van der Waals surface area contributed by atoms with E-state index in [1.807, 2.05) is 60.7 Å². The first kappa shape index (κ1) is 25.2. The summed E-state index contributed by atoms with van der Waals surface area (Å²) in [4.78, 5) is 46.3. The lowest BCUT2D eigenvalue weighted by Crippen LogP contribution is -2.70. The number of aliphatic hydroxyl groups is 1. The van der Waals surface area contributed by atoms with Gasteiger partial charge in [0.05, 0.1) is 6.10 Å². The summed E-state index contributed by atoms with van der Waals surface area (Å²) in [5.41, 5.74) is 2.01. The van der Waals surface area contributed by atoms with Crippen molar-refractivity contribution in [3.63, 3.8) is 0 Å². The molecule has 0 bridgehead atoms. The van der Waals surface area contributed by atoms with Crippen LogP contribution in [0.5, 0.6) is 0 Å². The van der Waals surface area contributed by atoms with Crippen LogP contribution in [-0.2, 0) is 19.1 Å². The number of ether oxygens (including phenoxy) is 1. The number of β-lactam (4-membered cyclic amide) rings is 1. The molecule has 0 radical (unpaired) electrons. The third kappa shape index (κ3) is 4.79. The van der Waals surface area contributed by atoms with Gasteiger partial charge in [-0.1, -0.05) is 60.7 Å². The first-order valence-corrected chi connectivity index (χ1v) is 13.6. The Morgan fingerprint density at radius 3 is 2.22 bits per heavy atom. The van der Waals surface area contributed by atoms with Gasteiger partial charge in [0.1, 0.15) is 16.7 Å². The second-order valence-electron chi connectivity index (χ2n) is 8.74. The molecule has 3 unspecified atom stereocenters. The van der Waals surface area contributed by atoms with Crippen molar-refractivity contribution in [3.8, 4) is 0 Å². The third-order valence-electron chi connectivity index (χ3n) is 6.30. The highest BCUT2D eigenvalue weighted by molar-refractivity contribution is 8.01. The Labute approximate surface area is 222 Å². The molecular weight excluding hydrogens is 510 g/mol. The summed E-state index contributed by atoms with van der Waals surface area (Å²) in [5.74, 6) is -1.14. The number of benzene rings is 2. The van der Waals surface area contributed by atoms with Crippen molar-refractivity contribution < 1.29 is 24.2 Å². The lowest BCUT2D eigenvalue weighted by molar-refractivity contribution is -0.147. The molecule has 5 rings (SSSR count). The molecule has 0 spiro atoms. The zero-order valence-electron chi connectivity index (χ0n) is 20.1. The minimum absolute atomic E-state index is 0.292. The number of anilines is 1. The van der Waals surface area contributed by atoms with E-state index in [-0.39, 0.29) is 11.8 Å². The number of rotatable bonds is 7. The molecular formula is C27H25N3O5S2. The molecule has 37 heavy (non-hydrogen) atoms. The third-order valence-corrected chi connectivity index (χ3v) is 8.57. The monoisotopic (exact) mass is 535 g/mol. The average Bonchev–Trinajstić information content (AvgIpc) is 3.44. The lowest BCUT2D eigenvalue weighted by atomic mass is 10.0. The Morgan fingerprint density at radius 1 is 1.08 bits per heavy atom. The second kappa shape index (κ2) is 10.5. The van der Waals surface area contributed by atoms with Crippen LogP contribution in [0.4, 0.5) is 5.13 Å².